The van der Waals surface area contributed by atoms with Crippen molar-refractivity contribution in [1.29, 1.82) is 0 Å². The molecule has 2 rings (SSSR count). The molecule has 110 valence electrons. The fourth-order valence-corrected chi connectivity index (χ4v) is 3.03. The first-order valence-corrected chi connectivity index (χ1v) is 7.20. The molecular weight excluding hydrogens is 252 g/mol. The van der Waals surface area contributed by atoms with Crippen LogP contribution in [0.25, 0.3) is 0 Å². The van der Waals surface area contributed by atoms with E-state index < -0.39 is 0 Å². The van der Waals surface area contributed by atoms with Crippen molar-refractivity contribution in [3.63, 3.8) is 0 Å². The third-order valence-electron chi connectivity index (χ3n) is 4.18. The van der Waals surface area contributed by atoms with Crippen LogP contribution < -0.4 is 10.6 Å². The van der Waals surface area contributed by atoms with E-state index in [0.717, 1.165) is 17.8 Å². The van der Waals surface area contributed by atoms with Gasteiger partial charge in [-0.3, -0.25) is 0 Å². The Labute approximate surface area is 120 Å². The van der Waals surface area contributed by atoms with Gasteiger partial charge in [0.1, 0.15) is 0 Å². The molecule has 1 heterocycles. The Balaban J connectivity index is 2.42. The molecule has 4 heteroatoms. The van der Waals surface area contributed by atoms with Crippen LogP contribution in [-0.4, -0.2) is 25.7 Å². The van der Waals surface area contributed by atoms with E-state index in [0.29, 0.717) is 23.2 Å². The number of nitrogen functional groups attached to an aromatic ring is 1. The molecule has 0 aliphatic carbocycles. The molecule has 0 amide bonds. The van der Waals surface area contributed by atoms with E-state index in [2.05, 4.69) is 24.8 Å². The van der Waals surface area contributed by atoms with E-state index in [1.54, 1.807) is 0 Å². The van der Waals surface area contributed by atoms with Gasteiger partial charge in [0.15, 0.2) is 0 Å². The number of anilines is 2. The number of aryl methyl sites for hydroxylation is 1. The molecule has 20 heavy (non-hydrogen) atoms. The largest absolute Gasteiger partial charge is 0.465 e. The molecule has 1 aromatic carbocycles. The van der Waals surface area contributed by atoms with E-state index in [-0.39, 0.29) is 5.97 Å². The molecule has 0 bridgehead atoms. The molecule has 1 saturated heterocycles. The smallest absolute Gasteiger partial charge is 0.340 e. The van der Waals surface area contributed by atoms with Crippen molar-refractivity contribution >= 4 is 17.3 Å². The zero-order valence-electron chi connectivity index (χ0n) is 12.8. The average Bonchev–Trinajstić information content (AvgIpc) is 2.90. The molecule has 1 aliphatic heterocycles. The van der Waals surface area contributed by atoms with E-state index in [4.69, 9.17) is 10.5 Å². The number of hydrogen-bond acceptors (Lipinski definition) is 4. The van der Waals surface area contributed by atoms with E-state index >= 15 is 0 Å². The molecule has 1 unspecified atom stereocenters. The zero-order valence-corrected chi connectivity index (χ0v) is 12.8. The number of carbonyl (C=O) groups excluding carboxylic acids is 1. The van der Waals surface area contributed by atoms with E-state index in [1.807, 2.05) is 13.0 Å². The third-order valence-corrected chi connectivity index (χ3v) is 4.18. The maximum absolute atomic E-state index is 11.8. The molecule has 2 N–H and O–H groups in total. The maximum Gasteiger partial charge on any atom is 0.340 e. The van der Waals surface area contributed by atoms with Gasteiger partial charge in [0.2, 0.25) is 0 Å². The first-order chi connectivity index (χ1) is 9.45. The summed E-state index contributed by atoms with van der Waals surface area (Å²) in [5.74, 6) is 0.227. The van der Waals surface area contributed by atoms with Gasteiger partial charge in [-0.25, -0.2) is 4.79 Å². The van der Waals surface area contributed by atoms with Crippen molar-refractivity contribution in [3.05, 3.63) is 23.3 Å². The molecule has 1 atom stereocenters. The Morgan fingerprint density at radius 3 is 2.75 bits per heavy atom. The Bertz CT molecular complexity index is 511. The number of esters is 1. The van der Waals surface area contributed by atoms with Crippen molar-refractivity contribution in [2.75, 3.05) is 24.3 Å². The summed E-state index contributed by atoms with van der Waals surface area (Å²) >= 11 is 0. The number of hydrogen-bond donors (Lipinski definition) is 1. The summed E-state index contributed by atoms with van der Waals surface area (Å²) < 4.78 is 4.83. The summed E-state index contributed by atoms with van der Waals surface area (Å²) in [6.45, 7) is 7.46. The van der Waals surface area contributed by atoms with Crippen LogP contribution in [0, 0.1) is 12.8 Å². The SMILES string of the molecule is COC(=O)c1cc(N2CCCC2C(C)C)cc(C)c1N. The van der Waals surface area contributed by atoms with Crippen LogP contribution in [0.2, 0.25) is 0 Å². The minimum absolute atomic E-state index is 0.368. The van der Waals surface area contributed by atoms with Gasteiger partial charge in [-0.1, -0.05) is 13.8 Å². The number of nitrogens with zero attached hydrogens (tertiary/aromatic N) is 1. The Hall–Kier alpha value is -1.71. The van der Waals surface area contributed by atoms with Gasteiger partial charge in [0, 0.05) is 24.0 Å². The first kappa shape index (κ1) is 14.7. The van der Waals surface area contributed by atoms with Crippen LogP contribution in [-0.2, 0) is 4.74 Å². The molecular formula is C16H24N2O2. The molecule has 1 aromatic rings. The average molecular weight is 276 g/mol. The van der Waals surface area contributed by atoms with Crippen LogP contribution >= 0.6 is 0 Å². The van der Waals surface area contributed by atoms with Crippen LogP contribution in [0.5, 0.6) is 0 Å². The van der Waals surface area contributed by atoms with E-state index in [9.17, 15) is 4.79 Å². The standard InChI is InChI=1S/C16H24N2O2/c1-10(2)14-6-5-7-18(14)12-8-11(3)15(17)13(9-12)16(19)20-4/h8-10,14H,5-7,17H2,1-4H3. The molecule has 4 nitrogen and oxygen atoms in total. The lowest BCUT2D eigenvalue weighted by Crippen LogP contribution is -2.33. The first-order valence-electron chi connectivity index (χ1n) is 7.20. The monoisotopic (exact) mass is 276 g/mol. The summed E-state index contributed by atoms with van der Waals surface area (Å²) in [5, 5.41) is 0. The fraction of sp³-hybridized carbons (Fsp3) is 0.562. The number of carbonyl (C=O) groups is 1. The van der Waals surface area contributed by atoms with Crippen molar-refractivity contribution in [2.45, 2.75) is 39.7 Å². The second-order valence-electron chi connectivity index (χ2n) is 5.86. The van der Waals surface area contributed by atoms with Gasteiger partial charge < -0.3 is 15.4 Å². The quantitative estimate of drug-likeness (QED) is 0.681. The minimum Gasteiger partial charge on any atom is -0.465 e. The number of benzene rings is 1. The van der Waals surface area contributed by atoms with Gasteiger partial charge in [-0.15, -0.1) is 0 Å². The molecule has 1 aliphatic rings. The van der Waals surface area contributed by atoms with Crippen molar-refractivity contribution in [3.8, 4) is 0 Å². The fourth-order valence-electron chi connectivity index (χ4n) is 3.03. The molecule has 0 spiro atoms. The Kier molecular flexibility index (Phi) is 4.21. The summed E-state index contributed by atoms with van der Waals surface area (Å²) in [7, 11) is 1.39. The van der Waals surface area contributed by atoms with Gasteiger partial charge >= 0.3 is 5.97 Å². The lowest BCUT2D eigenvalue weighted by molar-refractivity contribution is 0.0602. The molecule has 1 fully saturated rings. The second-order valence-corrected chi connectivity index (χ2v) is 5.86. The highest BCUT2D eigenvalue weighted by Gasteiger charge is 2.28. The predicted octanol–water partition coefficient (Wildman–Crippen LogP) is 2.99. The van der Waals surface area contributed by atoms with Crippen LogP contribution in [0.1, 0.15) is 42.6 Å². The Morgan fingerprint density at radius 2 is 2.15 bits per heavy atom. The lowest BCUT2D eigenvalue weighted by Gasteiger charge is -2.30. The molecule has 0 saturated carbocycles. The zero-order chi connectivity index (χ0) is 14.9. The van der Waals surface area contributed by atoms with Crippen LogP contribution in [0.4, 0.5) is 11.4 Å². The number of methoxy groups -OCH3 is 1. The van der Waals surface area contributed by atoms with Crippen molar-refractivity contribution in [1.82, 2.24) is 0 Å². The highest BCUT2D eigenvalue weighted by Crippen LogP contribution is 2.33. The molecule has 0 radical (unpaired) electrons. The highest BCUT2D eigenvalue weighted by atomic mass is 16.5. The summed E-state index contributed by atoms with van der Waals surface area (Å²) in [4.78, 5) is 14.2. The number of ether oxygens (including phenoxy) is 1. The maximum atomic E-state index is 11.8. The number of rotatable bonds is 3. The number of nitrogens with two attached hydrogens (primary N) is 1. The lowest BCUT2D eigenvalue weighted by atomic mass is 10.0. The topological polar surface area (TPSA) is 55.6 Å². The van der Waals surface area contributed by atoms with Crippen LogP contribution in [0.3, 0.4) is 0 Å². The van der Waals surface area contributed by atoms with Gasteiger partial charge in [-0.05, 0) is 43.4 Å². The van der Waals surface area contributed by atoms with Gasteiger partial charge in [0.05, 0.1) is 12.7 Å². The van der Waals surface area contributed by atoms with Gasteiger partial charge in [0.25, 0.3) is 0 Å². The second kappa shape index (κ2) is 5.73. The third kappa shape index (κ3) is 2.60. The minimum atomic E-state index is -0.368. The van der Waals surface area contributed by atoms with Crippen LogP contribution in [0.15, 0.2) is 12.1 Å². The summed E-state index contributed by atoms with van der Waals surface area (Å²) in [6.07, 6.45) is 2.40. The Morgan fingerprint density at radius 1 is 1.45 bits per heavy atom. The van der Waals surface area contributed by atoms with E-state index in [1.165, 1.54) is 20.0 Å². The summed E-state index contributed by atoms with van der Waals surface area (Å²) in [6, 6.07) is 4.47. The molecule has 0 aromatic heterocycles. The normalized spacial score (nSPS) is 18.6. The van der Waals surface area contributed by atoms with Gasteiger partial charge in [-0.2, -0.15) is 0 Å². The summed E-state index contributed by atoms with van der Waals surface area (Å²) in [5.41, 5.74) is 8.99. The highest BCUT2D eigenvalue weighted by molar-refractivity contribution is 5.97. The van der Waals surface area contributed by atoms with Crippen molar-refractivity contribution < 1.29 is 9.53 Å². The van der Waals surface area contributed by atoms with Crippen molar-refractivity contribution in [2.24, 2.45) is 5.92 Å². The predicted molar refractivity (Wildman–Crippen MR) is 82.1 cm³/mol.